The molecule has 0 saturated carbocycles. The molecule has 1 atom stereocenters. The van der Waals surface area contributed by atoms with Gasteiger partial charge >= 0.3 is 0 Å². The molecule has 1 aromatic rings. The van der Waals surface area contributed by atoms with Gasteiger partial charge in [-0.1, -0.05) is 19.1 Å². The summed E-state index contributed by atoms with van der Waals surface area (Å²) in [5.41, 5.74) is 2.39. The predicted molar refractivity (Wildman–Crippen MR) is 60.8 cm³/mol. The maximum absolute atomic E-state index is 9.53. The predicted octanol–water partition coefficient (Wildman–Crippen LogP) is 2.07. The van der Waals surface area contributed by atoms with Gasteiger partial charge in [-0.05, 0) is 30.5 Å². The Kier molecular flexibility index (Phi) is 3.96. The largest absolute Gasteiger partial charge is 0.393 e. The van der Waals surface area contributed by atoms with Gasteiger partial charge in [-0.25, -0.2) is 0 Å². The van der Waals surface area contributed by atoms with Crippen molar-refractivity contribution in [1.29, 1.82) is 0 Å². The summed E-state index contributed by atoms with van der Waals surface area (Å²) >= 11 is 0. The Morgan fingerprint density at radius 1 is 1.36 bits per heavy atom. The minimum atomic E-state index is -0.215. The summed E-state index contributed by atoms with van der Waals surface area (Å²) in [6, 6.07) is 8.29. The second-order valence-corrected chi connectivity index (χ2v) is 3.83. The van der Waals surface area contributed by atoms with Crippen molar-refractivity contribution in [2.75, 3.05) is 19.0 Å². The van der Waals surface area contributed by atoms with Crippen LogP contribution in [0.2, 0.25) is 0 Å². The standard InChI is InChI=1S/C12H19NO/c1-4-12(14)9-10-6-5-7-11(8-10)13(2)3/h5-8,12,14H,4,9H2,1-3H3/t12-/m1/s1. The topological polar surface area (TPSA) is 23.5 Å². The molecule has 0 spiro atoms. The summed E-state index contributed by atoms with van der Waals surface area (Å²) in [6.07, 6.45) is 1.34. The van der Waals surface area contributed by atoms with Crippen molar-refractivity contribution in [2.24, 2.45) is 0 Å². The number of anilines is 1. The number of nitrogens with zero attached hydrogens (tertiary/aromatic N) is 1. The van der Waals surface area contributed by atoms with Gasteiger partial charge in [-0.15, -0.1) is 0 Å². The highest BCUT2D eigenvalue weighted by atomic mass is 16.3. The lowest BCUT2D eigenvalue weighted by atomic mass is 10.1. The molecule has 2 heteroatoms. The molecule has 0 radical (unpaired) electrons. The van der Waals surface area contributed by atoms with E-state index in [4.69, 9.17) is 0 Å². The van der Waals surface area contributed by atoms with Gasteiger partial charge in [-0.3, -0.25) is 0 Å². The zero-order valence-electron chi connectivity index (χ0n) is 9.20. The third-order valence-electron chi connectivity index (χ3n) is 2.37. The van der Waals surface area contributed by atoms with Crippen LogP contribution >= 0.6 is 0 Å². The first kappa shape index (κ1) is 11.1. The van der Waals surface area contributed by atoms with Crippen LogP contribution in [0.25, 0.3) is 0 Å². The highest BCUT2D eigenvalue weighted by Gasteiger charge is 2.03. The number of benzene rings is 1. The number of rotatable bonds is 4. The van der Waals surface area contributed by atoms with E-state index in [0.29, 0.717) is 0 Å². The molecular weight excluding hydrogens is 174 g/mol. The first-order valence-corrected chi connectivity index (χ1v) is 5.07. The first-order valence-electron chi connectivity index (χ1n) is 5.07. The minimum Gasteiger partial charge on any atom is -0.393 e. The molecule has 0 aromatic heterocycles. The van der Waals surface area contributed by atoms with Gasteiger partial charge in [-0.2, -0.15) is 0 Å². The molecule has 1 rings (SSSR count). The number of aliphatic hydroxyl groups is 1. The smallest absolute Gasteiger partial charge is 0.0577 e. The van der Waals surface area contributed by atoms with Crippen LogP contribution in [-0.2, 0) is 6.42 Å². The number of hydrogen-bond donors (Lipinski definition) is 1. The summed E-state index contributed by atoms with van der Waals surface area (Å²) in [7, 11) is 4.05. The molecule has 0 heterocycles. The van der Waals surface area contributed by atoms with E-state index < -0.39 is 0 Å². The second kappa shape index (κ2) is 5.01. The molecule has 0 unspecified atom stereocenters. The molecule has 78 valence electrons. The lowest BCUT2D eigenvalue weighted by molar-refractivity contribution is 0.171. The lowest BCUT2D eigenvalue weighted by Crippen LogP contribution is -2.11. The van der Waals surface area contributed by atoms with Crippen molar-refractivity contribution >= 4 is 5.69 Å². The van der Waals surface area contributed by atoms with Gasteiger partial charge in [0, 0.05) is 19.8 Å². The normalized spacial score (nSPS) is 12.6. The van der Waals surface area contributed by atoms with Crippen molar-refractivity contribution in [3.05, 3.63) is 29.8 Å². The van der Waals surface area contributed by atoms with Gasteiger partial charge in [0.15, 0.2) is 0 Å². The Labute approximate surface area is 86.2 Å². The van der Waals surface area contributed by atoms with Crippen LogP contribution in [0.4, 0.5) is 5.69 Å². The van der Waals surface area contributed by atoms with E-state index in [-0.39, 0.29) is 6.10 Å². The number of aliphatic hydroxyl groups excluding tert-OH is 1. The zero-order chi connectivity index (χ0) is 10.6. The van der Waals surface area contributed by atoms with Crippen LogP contribution < -0.4 is 4.90 Å². The molecule has 14 heavy (non-hydrogen) atoms. The van der Waals surface area contributed by atoms with Crippen molar-refractivity contribution < 1.29 is 5.11 Å². The van der Waals surface area contributed by atoms with Crippen molar-refractivity contribution in [2.45, 2.75) is 25.9 Å². The molecule has 0 saturated heterocycles. The summed E-state index contributed by atoms with van der Waals surface area (Å²) < 4.78 is 0. The third-order valence-corrected chi connectivity index (χ3v) is 2.37. The Bertz CT molecular complexity index is 283. The minimum absolute atomic E-state index is 0.215. The molecule has 0 amide bonds. The molecule has 1 N–H and O–H groups in total. The fourth-order valence-corrected chi connectivity index (χ4v) is 1.38. The van der Waals surface area contributed by atoms with Crippen LogP contribution in [0.5, 0.6) is 0 Å². The molecule has 2 nitrogen and oxygen atoms in total. The first-order chi connectivity index (χ1) is 6.63. The number of hydrogen-bond acceptors (Lipinski definition) is 2. The molecule has 0 aliphatic rings. The van der Waals surface area contributed by atoms with Crippen molar-refractivity contribution in [1.82, 2.24) is 0 Å². The summed E-state index contributed by atoms with van der Waals surface area (Å²) in [5, 5.41) is 9.53. The Morgan fingerprint density at radius 3 is 2.64 bits per heavy atom. The van der Waals surface area contributed by atoms with Gasteiger partial charge in [0.05, 0.1) is 6.10 Å². The maximum Gasteiger partial charge on any atom is 0.0577 e. The van der Waals surface area contributed by atoms with Crippen molar-refractivity contribution in [3.63, 3.8) is 0 Å². The van der Waals surface area contributed by atoms with Crippen LogP contribution in [0.3, 0.4) is 0 Å². The zero-order valence-corrected chi connectivity index (χ0v) is 9.20. The summed E-state index contributed by atoms with van der Waals surface area (Å²) in [4.78, 5) is 2.07. The molecule has 0 aliphatic heterocycles. The van der Waals surface area contributed by atoms with E-state index in [0.717, 1.165) is 12.8 Å². The average molecular weight is 193 g/mol. The fraction of sp³-hybridized carbons (Fsp3) is 0.500. The van der Waals surface area contributed by atoms with Crippen LogP contribution in [0.15, 0.2) is 24.3 Å². The SMILES string of the molecule is CC[C@@H](O)Cc1cccc(N(C)C)c1. The second-order valence-electron chi connectivity index (χ2n) is 3.83. The van der Waals surface area contributed by atoms with Crippen molar-refractivity contribution in [3.8, 4) is 0 Å². The van der Waals surface area contributed by atoms with E-state index in [9.17, 15) is 5.11 Å². The Balaban J connectivity index is 2.73. The molecule has 1 aromatic carbocycles. The molecule has 0 fully saturated rings. The van der Waals surface area contributed by atoms with E-state index in [1.807, 2.05) is 27.1 Å². The van der Waals surface area contributed by atoms with Crippen LogP contribution in [0.1, 0.15) is 18.9 Å². The van der Waals surface area contributed by atoms with Crippen LogP contribution in [0, 0.1) is 0 Å². The highest BCUT2D eigenvalue weighted by Crippen LogP contribution is 2.15. The average Bonchev–Trinajstić information content (AvgIpc) is 2.18. The Morgan fingerprint density at radius 2 is 2.07 bits per heavy atom. The summed E-state index contributed by atoms with van der Waals surface area (Å²) in [5.74, 6) is 0. The van der Waals surface area contributed by atoms with Gasteiger partial charge < -0.3 is 10.0 Å². The van der Waals surface area contributed by atoms with E-state index >= 15 is 0 Å². The molecular formula is C12H19NO. The van der Waals surface area contributed by atoms with E-state index in [1.165, 1.54) is 11.3 Å². The van der Waals surface area contributed by atoms with E-state index in [2.05, 4.69) is 23.1 Å². The summed E-state index contributed by atoms with van der Waals surface area (Å²) in [6.45, 7) is 2.00. The third kappa shape index (κ3) is 3.04. The van der Waals surface area contributed by atoms with Gasteiger partial charge in [0.2, 0.25) is 0 Å². The van der Waals surface area contributed by atoms with Gasteiger partial charge in [0.1, 0.15) is 0 Å². The van der Waals surface area contributed by atoms with Crippen LogP contribution in [-0.4, -0.2) is 25.3 Å². The highest BCUT2D eigenvalue weighted by molar-refractivity contribution is 5.47. The van der Waals surface area contributed by atoms with Gasteiger partial charge in [0.25, 0.3) is 0 Å². The monoisotopic (exact) mass is 193 g/mol. The fourth-order valence-electron chi connectivity index (χ4n) is 1.38. The van der Waals surface area contributed by atoms with E-state index in [1.54, 1.807) is 0 Å². The molecule has 0 aliphatic carbocycles. The quantitative estimate of drug-likeness (QED) is 0.791. The Hall–Kier alpha value is -1.02. The maximum atomic E-state index is 9.53. The molecule has 0 bridgehead atoms. The lowest BCUT2D eigenvalue weighted by Gasteiger charge is -2.14.